The van der Waals surface area contributed by atoms with Crippen molar-refractivity contribution in [3.8, 4) is 0 Å². The van der Waals surface area contributed by atoms with Gasteiger partial charge in [0.05, 0.1) is 5.92 Å². The first-order valence-electron chi connectivity index (χ1n) is 6.42. The smallest absolute Gasteiger partial charge is 0.225 e. The first-order chi connectivity index (χ1) is 8.33. The monoisotopic (exact) mass is 230 g/mol. The Balaban J connectivity index is 1.59. The van der Waals surface area contributed by atoms with Crippen molar-refractivity contribution in [1.29, 1.82) is 0 Å². The highest BCUT2D eigenvalue weighted by molar-refractivity contribution is 5.79. The van der Waals surface area contributed by atoms with Crippen LogP contribution in [0.1, 0.15) is 23.1 Å². The molecule has 1 aromatic carbocycles. The standard InChI is InChI=1S/C14H18N2O/c17-14(13-8-15-9-13)16-7-10-4-5-11-2-1-3-12(11)6-10/h4-6,13,15H,1-3,7-9H2,(H,16,17). The van der Waals surface area contributed by atoms with E-state index < -0.39 is 0 Å². The molecule has 0 unspecified atom stereocenters. The second-order valence-electron chi connectivity index (χ2n) is 5.03. The van der Waals surface area contributed by atoms with Crippen molar-refractivity contribution in [2.45, 2.75) is 25.8 Å². The molecule has 0 aromatic heterocycles. The molecule has 1 heterocycles. The van der Waals surface area contributed by atoms with Crippen molar-refractivity contribution in [3.05, 3.63) is 34.9 Å². The van der Waals surface area contributed by atoms with Gasteiger partial charge in [-0.05, 0) is 36.0 Å². The van der Waals surface area contributed by atoms with Crippen LogP contribution in [0.15, 0.2) is 18.2 Å². The highest BCUT2D eigenvalue weighted by Crippen LogP contribution is 2.22. The summed E-state index contributed by atoms with van der Waals surface area (Å²) in [5.74, 6) is 0.369. The third-order valence-corrected chi connectivity index (χ3v) is 3.78. The fourth-order valence-corrected chi connectivity index (χ4v) is 2.54. The molecule has 0 radical (unpaired) electrons. The first kappa shape index (κ1) is 10.8. The number of hydrogen-bond donors (Lipinski definition) is 2. The molecular weight excluding hydrogens is 212 g/mol. The van der Waals surface area contributed by atoms with E-state index in [1.54, 1.807) is 0 Å². The van der Waals surface area contributed by atoms with Crippen molar-refractivity contribution < 1.29 is 4.79 Å². The molecule has 1 amide bonds. The van der Waals surface area contributed by atoms with E-state index in [9.17, 15) is 4.79 Å². The van der Waals surface area contributed by atoms with Gasteiger partial charge in [0.1, 0.15) is 0 Å². The molecule has 1 aliphatic heterocycles. The largest absolute Gasteiger partial charge is 0.352 e. The van der Waals surface area contributed by atoms with Gasteiger partial charge in [0.25, 0.3) is 0 Å². The normalized spacial score (nSPS) is 18.6. The van der Waals surface area contributed by atoms with Crippen LogP contribution in [-0.4, -0.2) is 19.0 Å². The lowest BCUT2D eigenvalue weighted by atomic mass is 10.0. The van der Waals surface area contributed by atoms with Gasteiger partial charge in [0.15, 0.2) is 0 Å². The van der Waals surface area contributed by atoms with Gasteiger partial charge < -0.3 is 10.6 Å². The molecule has 3 nitrogen and oxygen atoms in total. The summed E-state index contributed by atoms with van der Waals surface area (Å²) in [5.41, 5.74) is 4.19. The predicted octanol–water partition coefficient (Wildman–Crippen LogP) is 1.01. The quantitative estimate of drug-likeness (QED) is 0.813. The zero-order valence-corrected chi connectivity index (χ0v) is 9.96. The predicted molar refractivity (Wildman–Crippen MR) is 66.7 cm³/mol. The average Bonchev–Trinajstić information content (AvgIpc) is 2.71. The lowest BCUT2D eigenvalue weighted by Crippen LogP contribution is -2.50. The zero-order valence-electron chi connectivity index (χ0n) is 9.96. The summed E-state index contributed by atoms with van der Waals surface area (Å²) in [7, 11) is 0. The summed E-state index contributed by atoms with van der Waals surface area (Å²) in [5, 5.41) is 6.13. The van der Waals surface area contributed by atoms with E-state index in [1.165, 1.54) is 36.0 Å². The van der Waals surface area contributed by atoms with Crippen molar-refractivity contribution in [2.75, 3.05) is 13.1 Å². The fourth-order valence-electron chi connectivity index (χ4n) is 2.54. The van der Waals surface area contributed by atoms with Crippen LogP contribution in [-0.2, 0) is 24.2 Å². The van der Waals surface area contributed by atoms with Gasteiger partial charge >= 0.3 is 0 Å². The Bertz CT molecular complexity index is 438. The van der Waals surface area contributed by atoms with Crippen LogP contribution < -0.4 is 10.6 Å². The summed E-state index contributed by atoms with van der Waals surface area (Å²) in [6.45, 7) is 2.33. The lowest BCUT2D eigenvalue weighted by molar-refractivity contribution is -0.126. The SMILES string of the molecule is O=C(NCc1ccc2c(c1)CCC2)C1CNC1. The van der Waals surface area contributed by atoms with E-state index in [0.29, 0.717) is 6.54 Å². The van der Waals surface area contributed by atoms with Crippen molar-refractivity contribution in [2.24, 2.45) is 5.92 Å². The van der Waals surface area contributed by atoms with E-state index in [4.69, 9.17) is 0 Å². The Morgan fingerprint density at radius 3 is 2.88 bits per heavy atom. The molecule has 17 heavy (non-hydrogen) atoms. The second kappa shape index (κ2) is 4.49. The average molecular weight is 230 g/mol. The summed E-state index contributed by atoms with van der Waals surface area (Å²) in [6.07, 6.45) is 3.69. The maximum Gasteiger partial charge on any atom is 0.225 e. The molecule has 0 atom stereocenters. The molecule has 1 saturated heterocycles. The van der Waals surface area contributed by atoms with Crippen molar-refractivity contribution in [1.82, 2.24) is 10.6 Å². The summed E-state index contributed by atoms with van der Waals surface area (Å²) in [6, 6.07) is 6.61. The summed E-state index contributed by atoms with van der Waals surface area (Å²) in [4.78, 5) is 11.7. The van der Waals surface area contributed by atoms with E-state index in [2.05, 4.69) is 28.8 Å². The Hall–Kier alpha value is -1.35. The molecule has 3 rings (SSSR count). The second-order valence-corrected chi connectivity index (χ2v) is 5.03. The highest BCUT2D eigenvalue weighted by Gasteiger charge is 2.24. The molecule has 1 aliphatic carbocycles. The molecule has 1 aromatic rings. The number of benzene rings is 1. The minimum Gasteiger partial charge on any atom is -0.352 e. The van der Waals surface area contributed by atoms with Crippen LogP contribution in [0.3, 0.4) is 0 Å². The van der Waals surface area contributed by atoms with Gasteiger partial charge in [-0.25, -0.2) is 0 Å². The lowest BCUT2D eigenvalue weighted by Gasteiger charge is -2.25. The van der Waals surface area contributed by atoms with E-state index >= 15 is 0 Å². The topological polar surface area (TPSA) is 41.1 Å². The number of hydrogen-bond acceptors (Lipinski definition) is 2. The van der Waals surface area contributed by atoms with Gasteiger partial charge in [0.2, 0.25) is 5.91 Å². The molecular formula is C14H18N2O. The maximum atomic E-state index is 11.7. The third-order valence-electron chi connectivity index (χ3n) is 3.78. The molecule has 90 valence electrons. The van der Waals surface area contributed by atoms with Gasteiger partial charge in [-0.3, -0.25) is 4.79 Å². The van der Waals surface area contributed by atoms with Crippen LogP contribution in [0.5, 0.6) is 0 Å². The zero-order chi connectivity index (χ0) is 11.7. The van der Waals surface area contributed by atoms with Crippen molar-refractivity contribution >= 4 is 5.91 Å². The Kier molecular flexibility index (Phi) is 2.85. The minimum atomic E-state index is 0.184. The molecule has 1 fully saturated rings. The van der Waals surface area contributed by atoms with E-state index in [0.717, 1.165) is 13.1 Å². The Morgan fingerprint density at radius 1 is 1.29 bits per heavy atom. The maximum absolute atomic E-state index is 11.7. The van der Waals surface area contributed by atoms with Crippen LogP contribution in [0.2, 0.25) is 0 Å². The number of fused-ring (bicyclic) bond motifs is 1. The summed E-state index contributed by atoms with van der Waals surface area (Å²) < 4.78 is 0. The third kappa shape index (κ3) is 2.20. The molecule has 0 bridgehead atoms. The highest BCUT2D eigenvalue weighted by atomic mass is 16.2. The van der Waals surface area contributed by atoms with Gasteiger partial charge in [-0.2, -0.15) is 0 Å². The van der Waals surface area contributed by atoms with Crippen LogP contribution >= 0.6 is 0 Å². The van der Waals surface area contributed by atoms with Crippen LogP contribution in [0.4, 0.5) is 0 Å². The van der Waals surface area contributed by atoms with Crippen LogP contribution in [0.25, 0.3) is 0 Å². The number of carbonyl (C=O) groups excluding carboxylic acids is 1. The van der Waals surface area contributed by atoms with E-state index in [1.807, 2.05) is 0 Å². The number of aryl methyl sites for hydroxylation is 2. The molecule has 0 saturated carbocycles. The Morgan fingerprint density at radius 2 is 2.12 bits per heavy atom. The fraction of sp³-hybridized carbons (Fsp3) is 0.500. The Labute approximate surface area is 102 Å². The number of nitrogens with one attached hydrogen (secondary N) is 2. The van der Waals surface area contributed by atoms with Crippen molar-refractivity contribution in [3.63, 3.8) is 0 Å². The number of amides is 1. The summed E-state index contributed by atoms with van der Waals surface area (Å²) >= 11 is 0. The van der Waals surface area contributed by atoms with Gasteiger partial charge in [-0.15, -0.1) is 0 Å². The minimum absolute atomic E-state index is 0.184. The first-order valence-corrected chi connectivity index (χ1v) is 6.42. The number of carbonyl (C=O) groups is 1. The van der Waals surface area contributed by atoms with E-state index in [-0.39, 0.29) is 11.8 Å². The molecule has 0 spiro atoms. The molecule has 2 N–H and O–H groups in total. The van der Waals surface area contributed by atoms with Gasteiger partial charge in [0, 0.05) is 19.6 Å². The van der Waals surface area contributed by atoms with Gasteiger partial charge in [-0.1, -0.05) is 18.2 Å². The van der Waals surface area contributed by atoms with Crippen LogP contribution in [0, 0.1) is 5.92 Å². The molecule has 2 aliphatic rings. The molecule has 3 heteroatoms. The number of rotatable bonds is 3.